The van der Waals surface area contributed by atoms with Crippen LogP contribution in [0.3, 0.4) is 0 Å². The van der Waals surface area contributed by atoms with Gasteiger partial charge in [0.1, 0.15) is 0 Å². The predicted molar refractivity (Wildman–Crippen MR) is 160 cm³/mol. The first-order chi connectivity index (χ1) is 18.6. The molecule has 5 aromatic carbocycles. The molecule has 0 aliphatic carbocycles. The molecular formula is C31H26BrNO4S2. The van der Waals surface area contributed by atoms with Gasteiger partial charge in [-0.15, -0.1) is 0 Å². The lowest BCUT2D eigenvalue weighted by Gasteiger charge is -2.23. The van der Waals surface area contributed by atoms with Crippen LogP contribution in [0.25, 0.3) is 21.9 Å². The molecule has 0 unspecified atom stereocenters. The van der Waals surface area contributed by atoms with Gasteiger partial charge in [-0.3, -0.25) is 0 Å². The number of sulfone groups is 1. The highest BCUT2D eigenvalue weighted by molar-refractivity contribution is 9.10. The maximum Gasteiger partial charge on any atom is 0.243 e. The summed E-state index contributed by atoms with van der Waals surface area (Å²) >= 11 is 3.48. The Hall–Kier alpha value is -3.30. The molecule has 0 saturated carbocycles. The molecule has 0 saturated heterocycles. The normalized spacial score (nSPS) is 12.2. The van der Waals surface area contributed by atoms with Gasteiger partial charge in [0.15, 0.2) is 9.84 Å². The van der Waals surface area contributed by atoms with E-state index in [0.29, 0.717) is 0 Å². The van der Waals surface area contributed by atoms with Crippen molar-refractivity contribution in [1.82, 2.24) is 4.31 Å². The lowest BCUT2D eigenvalue weighted by atomic mass is 10.0. The summed E-state index contributed by atoms with van der Waals surface area (Å²) in [4.78, 5) is 0.496. The smallest absolute Gasteiger partial charge is 0.224 e. The zero-order chi connectivity index (χ0) is 27.6. The van der Waals surface area contributed by atoms with Gasteiger partial charge >= 0.3 is 0 Å². The van der Waals surface area contributed by atoms with Gasteiger partial charge < -0.3 is 0 Å². The van der Waals surface area contributed by atoms with Crippen LogP contribution in [0.2, 0.25) is 0 Å². The van der Waals surface area contributed by atoms with E-state index in [2.05, 4.69) is 15.9 Å². The average molecular weight is 621 g/mol. The van der Waals surface area contributed by atoms with Crippen LogP contribution in [-0.4, -0.2) is 27.4 Å². The zero-order valence-corrected chi connectivity index (χ0v) is 24.4. The number of halogens is 1. The van der Waals surface area contributed by atoms with Crippen molar-refractivity contribution in [3.05, 3.63) is 131 Å². The molecule has 5 rings (SSSR count). The standard InChI is InChI=1S/C31H26BrNO4S2/c1-38(34,35)30-11-5-9-28(19-30)26-14-12-23(13-15-26)21-33(22-24-6-4-10-29(32)18-24)39(36,37)31-17-16-25-7-2-3-8-27(25)20-31/h2-20H,21-22H2,1H3. The summed E-state index contributed by atoms with van der Waals surface area (Å²) in [5.74, 6) is 0. The van der Waals surface area contributed by atoms with Gasteiger partial charge in [0.2, 0.25) is 10.0 Å². The van der Waals surface area contributed by atoms with Crippen LogP contribution in [0.4, 0.5) is 0 Å². The number of nitrogens with zero attached hydrogens (tertiary/aromatic N) is 1. The van der Waals surface area contributed by atoms with Crippen molar-refractivity contribution in [1.29, 1.82) is 0 Å². The van der Waals surface area contributed by atoms with E-state index >= 15 is 0 Å². The van der Waals surface area contributed by atoms with Crippen LogP contribution in [0.15, 0.2) is 130 Å². The first kappa shape index (κ1) is 27.3. The highest BCUT2D eigenvalue weighted by Gasteiger charge is 2.25. The van der Waals surface area contributed by atoms with E-state index < -0.39 is 19.9 Å². The molecular weight excluding hydrogens is 594 g/mol. The van der Waals surface area contributed by atoms with Gasteiger partial charge in [0, 0.05) is 23.8 Å². The monoisotopic (exact) mass is 619 g/mol. The molecule has 0 fully saturated rings. The van der Waals surface area contributed by atoms with E-state index in [4.69, 9.17) is 0 Å². The van der Waals surface area contributed by atoms with Crippen molar-refractivity contribution in [3.8, 4) is 11.1 Å². The minimum absolute atomic E-state index is 0.172. The fraction of sp³-hybridized carbons (Fsp3) is 0.0968. The Balaban J connectivity index is 1.48. The van der Waals surface area contributed by atoms with Crippen molar-refractivity contribution >= 4 is 46.6 Å². The zero-order valence-electron chi connectivity index (χ0n) is 21.2. The second kappa shape index (κ2) is 11.1. The van der Waals surface area contributed by atoms with E-state index in [-0.39, 0.29) is 22.9 Å². The Morgan fingerprint density at radius 2 is 1.28 bits per heavy atom. The molecule has 0 radical (unpaired) electrons. The Morgan fingerprint density at radius 3 is 2.00 bits per heavy atom. The summed E-state index contributed by atoms with van der Waals surface area (Å²) in [6, 6.07) is 34.8. The van der Waals surface area contributed by atoms with Gasteiger partial charge in [-0.05, 0) is 69.4 Å². The van der Waals surface area contributed by atoms with E-state index in [1.165, 1.54) is 10.6 Å². The largest absolute Gasteiger partial charge is 0.243 e. The van der Waals surface area contributed by atoms with Crippen LogP contribution in [0.5, 0.6) is 0 Å². The first-order valence-corrected chi connectivity index (χ1v) is 16.3. The van der Waals surface area contributed by atoms with Crippen molar-refractivity contribution in [3.63, 3.8) is 0 Å². The number of rotatable bonds is 8. The third kappa shape index (κ3) is 6.31. The van der Waals surface area contributed by atoms with E-state index in [0.717, 1.165) is 37.5 Å². The highest BCUT2D eigenvalue weighted by atomic mass is 79.9. The Bertz CT molecular complexity index is 1870. The van der Waals surface area contributed by atoms with Crippen molar-refractivity contribution < 1.29 is 16.8 Å². The Morgan fingerprint density at radius 1 is 0.590 bits per heavy atom. The second-order valence-electron chi connectivity index (χ2n) is 9.41. The van der Waals surface area contributed by atoms with Crippen LogP contribution in [0.1, 0.15) is 11.1 Å². The molecule has 0 spiro atoms. The number of fused-ring (bicyclic) bond motifs is 1. The van der Waals surface area contributed by atoms with Gasteiger partial charge in [-0.25, -0.2) is 16.8 Å². The maximum absolute atomic E-state index is 13.9. The van der Waals surface area contributed by atoms with E-state index in [1.54, 1.807) is 30.3 Å². The lowest BCUT2D eigenvalue weighted by molar-refractivity contribution is 0.401. The van der Waals surface area contributed by atoms with Crippen molar-refractivity contribution in [2.75, 3.05) is 6.26 Å². The van der Waals surface area contributed by atoms with E-state index in [1.807, 2.05) is 84.9 Å². The summed E-state index contributed by atoms with van der Waals surface area (Å²) in [5, 5.41) is 1.84. The van der Waals surface area contributed by atoms with Crippen LogP contribution < -0.4 is 0 Å². The minimum atomic E-state index is -3.83. The highest BCUT2D eigenvalue weighted by Crippen LogP contribution is 2.27. The summed E-state index contributed by atoms with van der Waals surface area (Å²) in [5.41, 5.74) is 3.31. The number of sulfonamides is 1. The van der Waals surface area contributed by atoms with Crippen LogP contribution >= 0.6 is 15.9 Å². The SMILES string of the molecule is CS(=O)(=O)c1cccc(-c2ccc(CN(Cc3cccc(Br)c3)S(=O)(=O)c3ccc4ccccc4c3)cc2)c1. The van der Waals surface area contributed by atoms with Crippen molar-refractivity contribution in [2.24, 2.45) is 0 Å². The van der Waals surface area contributed by atoms with Crippen LogP contribution in [-0.2, 0) is 33.0 Å². The fourth-order valence-corrected chi connectivity index (χ4v) is 7.02. The average Bonchev–Trinajstić information content (AvgIpc) is 2.92. The van der Waals surface area contributed by atoms with Gasteiger partial charge in [-0.1, -0.05) is 94.8 Å². The molecule has 5 aromatic rings. The second-order valence-corrected chi connectivity index (χ2v) is 14.3. The molecule has 39 heavy (non-hydrogen) atoms. The van der Waals surface area contributed by atoms with Gasteiger partial charge in [0.25, 0.3) is 0 Å². The van der Waals surface area contributed by atoms with E-state index in [9.17, 15) is 16.8 Å². The lowest BCUT2D eigenvalue weighted by Crippen LogP contribution is -2.30. The molecule has 0 atom stereocenters. The van der Waals surface area contributed by atoms with Gasteiger partial charge in [0.05, 0.1) is 9.79 Å². The molecule has 198 valence electrons. The molecule has 0 bridgehead atoms. The topological polar surface area (TPSA) is 71.5 Å². The predicted octanol–water partition coefficient (Wildman–Crippen LogP) is 7.06. The quantitative estimate of drug-likeness (QED) is 0.186. The van der Waals surface area contributed by atoms with Gasteiger partial charge in [-0.2, -0.15) is 4.31 Å². The van der Waals surface area contributed by atoms with Crippen molar-refractivity contribution in [2.45, 2.75) is 22.9 Å². The number of benzene rings is 5. The Labute approximate surface area is 237 Å². The summed E-state index contributed by atoms with van der Waals surface area (Å²) in [7, 11) is -7.16. The fourth-order valence-electron chi connectivity index (χ4n) is 4.45. The third-order valence-corrected chi connectivity index (χ3v) is 9.91. The molecule has 5 nitrogen and oxygen atoms in total. The summed E-state index contributed by atoms with van der Waals surface area (Å²) in [6.45, 7) is 0.373. The molecule has 0 aliphatic heterocycles. The number of hydrogen-bond donors (Lipinski definition) is 0. The molecule has 0 heterocycles. The molecule has 8 heteroatoms. The Kier molecular flexibility index (Phi) is 7.73. The minimum Gasteiger partial charge on any atom is -0.224 e. The third-order valence-electron chi connectivity index (χ3n) is 6.52. The molecule has 0 aliphatic rings. The summed E-state index contributed by atoms with van der Waals surface area (Å²) < 4.78 is 54.2. The molecule has 0 aromatic heterocycles. The maximum atomic E-state index is 13.9. The molecule has 0 N–H and O–H groups in total. The first-order valence-electron chi connectivity index (χ1n) is 12.2. The molecule has 0 amide bonds. The summed E-state index contributed by atoms with van der Waals surface area (Å²) in [6.07, 6.45) is 1.19. The van der Waals surface area contributed by atoms with Crippen LogP contribution in [0, 0.1) is 0 Å². The number of hydrogen-bond acceptors (Lipinski definition) is 4.